The van der Waals surface area contributed by atoms with Crippen molar-refractivity contribution in [2.45, 2.75) is 58.9 Å². The lowest BCUT2D eigenvalue weighted by Gasteiger charge is -2.34. The van der Waals surface area contributed by atoms with Crippen LogP contribution in [0.2, 0.25) is 0 Å². The monoisotopic (exact) mass is 277 g/mol. The number of hydrogen-bond acceptors (Lipinski definition) is 1. The third kappa shape index (κ3) is 3.82. The van der Waals surface area contributed by atoms with E-state index in [0.29, 0.717) is 5.92 Å². The SMILES string of the molecule is CCCNC(c1ccc(C)cc1F)C1CCC(C)CC1. The van der Waals surface area contributed by atoms with Crippen molar-refractivity contribution in [1.29, 1.82) is 0 Å². The normalized spacial score (nSPS) is 24.6. The summed E-state index contributed by atoms with van der Waals surface area (Å²) in [7, 11) is 0. The van der Waals surface area contributed by atoms with Crippen LogP contribution in [-0.2, 0) is 0 Å². The van der Waals surface area contributed by atoms with E-state index in [1.165, 1.54) is 25.7 Å². The van der Waals surface area contributed by atoms with E-state index in [2.05, 4.69) is 19.2 Å². The largest absolute Gasteiger partial charge is 0.310 e. The van der Waals surface area contributed by atoms with Crippen molar-refractivity contribution in [3.8, 4) is 0 Å². The van der Waals surface area contributed by atoms with Crippen LogP contribution in [0, 0.1) is 24.6 Å². The Morgan fingerprint density at radius 1 is 1.25 bits per heavy atom. The maximum Gasteiger partial charge on any atom is 0.128 e. The molecule has 1 unspecified atom stereocenters. The van der Waals surface area contributed by atoms with Gasteiger partial charge in [-0.3, -0.25) is 0 Å². The molecule has 1 atom stereocenters. The van der Waals surface area contributed by atoms with Crippen LogP contribution in [0.5, 0.6) is 0 Å². The average Bonchev–Trinajstić information content (AvgIpc) is 2.42. The predicted octanol–water partition coefficient (Wildman–Crippen LogP) is 5.00. The van der Waals surface area contributed by atoms with Gasteiger partial charge in [0.1, 0.15) is 5.82 Å². The van der Waals surface area contributed by atoms with Crippen LogP contribution < -0.4 is 5.32 Å². The summed E-state index contributed by atoms with van der Waals surface area (Å²) in [5, 5.41) is 3.59. The Balaban J connectivity index is 2.17. The van der Waals surface area contributed by atoms with Crippen molar-refractivity contribution in [1.82, 2.24) is 5.32 Å². The Labute approximate surface area is 123 Å². The topological polar surface area (TPSA) is 12.0 Å². The predicted molar refractivity (Wildman–Crippen MR) is 83.3 cm³/mol. The number of aryl methyl sites for hydroxylation is 1. The first-order valence-electron chi connectivity index (χ1n) is 8.11. The van der Waals surface area contributed by atoms with Gasteiger partial charge in [0.15, 0.2) is 0 Å². The first kappa shape index (κ1) is 15.5. The number of halogens is 1. The molecule has 0 radical (unpaired) electrons. The summed E-state index contributed by atoms with van der Waals surface area (Å²) < 4.78 is 14.3. The van der Waals surface area contributed by atoms with Crippen LogP contribution in [-0.4, -0.2) is 6.54 Å². The third-order valence-corrected chi connectivity index (χ3v) is 4.64. The fourth-order valence-corrected chi connectivity index (χ4v) is 3.33. The van der Waals surface area contributed by atoms with Crippen LogP contribution in [0.1, 0.15) is 63.1 Å². The van der Waals surface area contributed by atoms with Crippen LogP contribution >= 0.6 is 0 Å². The summed E-state index contributed by atoms with van der Waals surface area (Å²) in [5.41, 5.74) is 1.86. The van der Waals surface area contributed by atoms with Crippen LogP contribution in [0.3, 0.4) is 0 Å². The van der Waals surface area contributed by atoms with Crippen molar-refractivity contribution in [2.24, 2.45) is 11.8 Å². The van der Waals surface area contributed by atoms with Crippen LogP contribution in [0.15, 0.2) is 18.2 Å². The zero-order valence-corrected chi connectivity index (χ0v) is 13.1. The van der Waals surface area contributed by atoms with Gasteiger partial charge < -0.3 is 5.32 Å². The molecule has 0 spiro atoms. The standard InChI is InChI=1S/C18H28FN/c1-4-11-20-18(15-8-5-13(2)6-9-15)16-10-7-14(3)12-17(16)19/h7,10,12-13,15,18,20H,4-6,8-9,11H2,1-3H3. The lowest BCUT2D eigenvalue weighted by atomic mass is 9.77. The molecule has 1 fully saturated rings. The molecule has 1 saturated carbocycles. The number of hydrogen-bond donors (Lipinski definition) is 1. The molecule has 0 saturated heterocycles. The molecule has 1 aliphatic carbocycles. The highest BCUT2D eigenvalue weighted by molar-refractivity contribution is 5.26. The highest BCUT2D eigenvalue weighted by Gasteiger charge is 2.28. The Morgan fingerprint density at radius 2 is 1.95 bits per heavy atom. The molecule has 0 aromatic heterocycles. The molecule has 1 aromatic rings. The van der Waals surface area contributed by atoms with Crippen molar-refractivity contribution in [3.63, 3.8) is 0 Å². The second-order valence-corrected chi connectivity index (χ2v) is 6.48. The molecule has 2 rings (SSSR count). The van der Waals surface area contributed by atoms with Gasteiger partial charge in [0, 0.05) is 11.6 Å². The van der Waals surface area contributed by atoms with Gasteiger partial charge in [-0.15, -0.1) is 0 Å². The second-order valence-electron chi connectivity index (χ2n) is 6.48. The van der Waals surface area contributed by atoms with Crippen LogP contribution in [0.25, 0.3) is 0 Å². The summed E-state index contributed by atoms with van der Waals surface area (Å²) >= 11 is 0. The summed E-state index contributed by atoms with van der Waals surface area (Å²) in [5.74, 6) is 1.37. The molecule has 0 bridgehead atoms. The molecular formula is C18H28FN. The summed E-state index contributed by atoms with van der Waals surface area (Å²) in [6.07, 6.45) is 6.09. The third-order valence-electron chi connectivity index (χ3n) is 4.64. The van der Waals surface area contributed by atoms with Gasteiger partial charge in [-0.2, -0.15) is 0 Å². The minimum Gasteiger partial charge on any atom is -0.310 e. The fraction of sp³-hybridized carbons (Fsp3) is 0.667. The first-order chi connectivity index (χ1) is 9.61. The Hall–Kier alpha value is -0.890. The first-order valence-corrected chi connectivity index (χ1v) is 8.11. The fourth-order valence-electron chi connectivity index (χ4n) is 3.33. The molecule has 1 N–H and O–H groups in total. The minimum absolute atomic E-state index is 0.0442. The highest BCUT2D eigenvalue weighted by Crippen LogP contribution is 2.37. The van der Waals surface area contributed by atoms with E-state index >= 15 is 0 Å². The lowest BCUT2D eigenvalue weighted by molar-refractivity contribution is 0.228. The second kappa shape index (κ2) is 7.21. The zero-order chi connectivity index (χ0) is 14.5. The van der Waals surface area contributed by atoms with E-state index in [0.717, 1.165) is 30.0 Å². The van der Waals surface area contributed by atoms with Gasteiger partial charge in [-0.05, 0) is 56.2 Å². The Morgan fingerprint density at radius 3 is 2.55 bits per heavy atom. The number of benzene rings is 1. The molecule has 20 heavy (non-hydrogen) atoms. The molecule has 2 heteroatoms. The van der Waals surface area contributed by atoms with Gasteiger partial charge in [0.25, 0.3) is 0 Å². The number of nitrogens with one attached hydrogen (secondary N) is 1. The van der Waals surface area contributed by atoms with Crippen molar-refractivity contribution in [2.75, 3.05) is 6.54 Å². The van der Waals surface area contributed by atoms with E-state index in [9.17, 15) is 4.39 Å². The van der Waals surface area contributed by atoms with E-state index in [1.54, 1.807) is 6.07 Å². The van der Waals surface area contributed by atoms with E-state index in [4.69, 9.17) is 0 Å². The van der Waals surface area contributed by atoms with Crippen molar-refractivity contribution < 1.29 is 4.39 Å². The maximum atomic E-state index is 14.3. The van der Waals surface area contributed by atoms with Crippen molar-refractivity contribution in [3.05, 3.63) is 35.1 Å². The number of rotatable bonds is 5. The molecule has 1 nitrogen and oxygen atoms in total. The van der Waals surface area contributed by atoms with Crippen molar-refractivity contribution >= 4 is 0 Å². The van der Waals surface area contributed by atoms with Gasteiger partial charge in [-0.1, -0.05) is 38.8 Å². The van der Waals surface area contributed by atoms with Gasteiger partial charge >= 0.3 is 0 Å². The lowest BCUT2D eigenvalue weighted by Crippen LogP contribution is -2.32. The average molecular weight is 277 g/mol. The van der Waals surface area contributed by atoms with E-state index < -0.39 is 0 Å². The van der Waals surface area contributed by atoms with Gasteiger partial charge in [0.2, 0.25) is 0 Å². The molecule has 0 amide bonds. The zero-order valence-electron chi connectivity index (χ0n) is 13.1. The Kier molecular flexibility index (Phi) is 5.59. The molecule has 1 aliphatic rings. The maximum absolute atomic E-state index is 14.3. The molecular weight excluding hydrogens is 249 g/mol. The highest BCUT2D eigenvalue weighted by atomic mass is 19.1. The molecule has 0 aliphatic heterocycles. The van der Waals surface area contributed by atoms with Crippen LogP contribution in [0.4, 0.5) is 4.39 Å². The smallest absolute Gasteiger partial charge is 0.128 e. The van der Waals surface area contributed by atoms with Gasteiger partial charge in [-0.25, -0.2) is 4.39 Å². The molecule has 1 aromatic carbocycles. The summed E-state index contributed by atoms with van der Waals surface area (Å²) in [6, 6.07) is 5.87. The molecule has 112 valence electrons. The Bertz CT molecular complexity index is 421. The van der Waals surface area contributed by atoms with E-state index in [1.807, 2.05) is 19.1 Å². The quantitative estimate of drug-likeness (QED) is 0.798. The summed E-state index contributed by atoms with van der Waals surface area (Å²) in [4.78, 5) is 0. The van der Waals surface area contributed by atoms with Gasteiger partial charge in [0.05, 0.1) is 0 Å². The van der Waals surface area contributed by atoms with E-state index in [-0.39, 0.29) is 11.9 Å². The summed E-state index contributed by atoms with van der Waals surface area (Å²) in [6.45, 7) is 7.41. The molecule has 0 heterocycles. The minimum atomic E-state index is -0.0442.